The summed E-state index contributed by atoms with van der Waals surface area (Å²) in [5, 5.41) is 12.2. The molecule has 1 N–H and O–H groups in total. The Labute approximate surface area is 111 Å². The molecular weight excluding hydrogens is 250 g/mol. The second-order valence-corrected chi connectivity index (χ2v) is 4.59. The lowest BCUT2D eigenvalue weighted by Crippen LogP contribution is -2.40. The van der Waals surface area contributed by atoms with Gasteiger partial charge in [-0.3, -0.25) is 4.79 Å². The van der Waals surface area contributed by atoms with E-state index in [1.54, 1.807) is 4.90 Å². The molecule has 0 bridgehead atoms. The molecule has 0 aromatic heterocycles. The summed E-state index contributed by atoms with van der Waals surface area (Å²) < 4.78 is 0. The van der Waals surface area contributed by atoms with Gasteiger partial charge in [0.05, 0.1) is 17.4 Å². The zero-order chi connectivity index (χ0) is 13.1. The van der Waals surface area contributed by atoms with Crippen LogP contribution in [0.1, 0.15) is 13.3 Å². The van der Waals surface area contributed by atoms with Gasteiger partial charge in [-0.2, -0.15) is 5.26 Å². The van der Waals surface area contributed by atoms with E-state index in [0.29, 0.717) is 6.42 Å². The van der Waals surface area contributed by atoms with Crippen molar-refractivity contribution in [2.75, 3.05) is 16.1 Å². The Morgan fingerprint density at radius 1 is 1.61 bits per heavy atom. The number of halogens is 1. The number of nitriles is 1. The van der Waals surface area contributed by atoms with Gasteiger partial charge in [-0.1, -0.05) is 12.1 Å². The Hall–Kier alpha value is -1.73. The number of rotatable bonds is 1. The summed E-state index contributed by atoms with van der Waals surface area (Å²) >= 11 is 5.66. The minimum absolute atomic E-state index is 0.0583. The molecule has 2 unspecified atom stereocenters. The zero-order valence-corrected chi connectivity index (χ0v) is 10.8. The number of nitrogens with one attached hydrogen (secondary N) is 1. The number of hydrogen-bond acceptors (Lipinski definition) is 3. The molecule has 0 saturated carbocycles. The average Bonchev–Trinajstić information content (AvgIpc) is 2.53. The van der Waals surface area contributed by atoms with Crippen LogP contribution in [0.5, 0.6) is 0 Å². The highest BCUT2D eigenvalue weighted by Crippen LogP contribution is 2.32. The standard InChI is InChI=1S/C13H14ClN3O/c1-9-6-10(8-15)16-11-4-2-3-5-12(11)17(9)13(18)7-14/h2-5,9-10,16H,6-7H2,1H3. The highest BCUT2D eigenvalue weighted by atomic mass is 35.5. The van der Waals surface area contributed by atoms with Crippen LogP contribution in [-0.4, -0.2) is 23.9 Å². The second kappa shape index (κ2) is 5.28. The third-order valence-corrected chi connectivity index (χ3v) is 3.28. The van der Waals surface area contributed by atoms with Crippen LogP contribution in [0.4, 0.5) is 11.4 Å². The van der Waals surface area contributed by atoms with Crippen molar-refractivity contribution in [3.8, 4) is 6.07 Å². The number of fused-ring (bicyclic) bond motifs is 1. The van der Waals surface area contributed by atoms with Gasteiger partial charge < -0.3 is 10.2 Å². The fourth-order valence-corrected chi connectivity index (χ4v) is 2.39. The lowest BCUT2D eigenvalue weighted by molar-refractivity contribution is -0.116. The first-order valence-corrected chi connectivity index (χ1v) is 6.34. The number of alkyl halides is 1. The van der Waals surface area contributed by atoms with E-state index in [1.807, 2.05) is 31.2 Å². The number of amides is 1. The van der Waals surface area contributed by atoms with E-state index in [4.69, 9.17) is 16.9 Å². The maximum atomic E-state index is 12.0. The quantitative estimate of drug-likeness (QED) is 0.792. The van der Waals surface area contributed by atoms with E-state index in [9.17, 15) is 4.79 Å². The molecule has 0 fully saturated rings. The van der Waals surface area contributed by atoms with Gasteiger partial charge in [0, 0.05) is 12.5 Å². The number of nitrogens with zero attached hydrogens (tertiary/aromatic N) is 2. The Kier molecular flexibility index (Phi) is 3.73. The number of carbonyl (C=O) groups is 1. The molecular formula is C13H14ClN3O. The highest BCUT2D eigenvalue weighted by Gasteiger charge is 2.29. The molecule has 1 amide bonds. The number of anilines is 2. The summed E-state index contributed by atoms with van der Waals surface area (Å²) in [4.78, 5) is 13.6. The van der Waals surface area contributed by atoms with E-state index in [-0.39, 0.29) is 23.9 Å². The van der Waals surface area contributed by atoms with Crippen molar-refractivity contribution in [2.24, 2.45) is 0 Å². The normalized spacial score (nSPS) is 22.4. The molecule has 18 heavy (non-hydrogen) atoms. The van der Waals surface area contributed by atoms with Gasteiger partial charge in [-0.05, 0) is 19.1 Å². The fourth-order valence-electron chi connectivity index (χ4n) is 2.27. The van der Waals surface area contributed by atoms with Crippen LogP contribution in [0.25, 0.3) is 0 Å². The van der Waals surface area contributed by atoms with Crippen molar-refractivity contribution in [3.63, 3.8) is 0 Å². The van der Waals surface area contributed by atoms with Crippen molar-refractivity contribution >= 4 is 28.9 Å². The van der Waals surface area contributed by atoms with Crippen molar-refractivity contribution < 1.29 is 4.79 Å². The first kappa shape index (κ1) is 12.7. The van der Waals surface area contributed by atoms with Crippen molar-refractivity contribution in [1.29, 1.82) is 5.26 Å². The van der Waals surface area contributed by atoms with Gasteiger partial charge in [0.25, 0.3) is 0 Å². The van der Waals surface area contributed by atoms with Crippen LogP contribution in [-0.2, 0) is 4.79 Å². The molecule has 0 radical (unpaired) electrons. The van der Waals surface area contributed by atoms with E-state index in [0.717, 1.165) is 11.4 Å². The van der Waals surface area contributed by atoms with Crippen molar-refractivity contribution in [3.05, 3.63) is 24.3 Å². The van der Waals surface area contributed by atoms with Crippen LogP contribution in [0, 0.1) is 11.3 Å². The lowest BCUT2D eigenvalue weighted by atomic mass is 10.1. The molecule has 1 aromatic rings. The molecule has 0 spiro atoms. The van der Waals surface area contributed by atoms with E-state index in [2.05, 4.69) is 11.4 Å². The first-order valence-electron chi connectivity index (χ1n) is 5.80. The topological polar surface area (TPSA) is 56.1 Å². The number of benzene rings is 1. The van der Waals surface area contributed by atoms with Crippen molar-refractivity contribution in [2.45, 2.75) is 25.4 Å². The summed E-state index contributed by atoms with van der Waals surface area (Å²) in [5.41, 5.74) is 1.58. The minimum atomic E-state index is -0.297. The van der Waals surface area contributed by atoms with Gasteiger partial charge >= 0.3 is 0 Å². The van der Waals surface area contributed by atoms with Crippen LogP contribution in [0.3, 0.4) is 0 Å². The van der Waals surface area contributed by atoms with Gasteiger partial charge in [0.1, 0.15) is 11.9 Å². The van der Waals surface area contributed by atoms with E-state index >= 15 is 0 Å². The van der Waals surface area contributed by atoms with Crippen LogP contribution in [0.2, 0.25) is 0 Å². The fraction of sp³-hybridized carbons (Fsp3) is 0.385. The van der Waals surface area contributed by atoms with Gasteiger partial charge in [0.2, 0.25) is 5.91 Å². The molecule has 0 aliphatic carbocycles. The zero-order valence-electron chi connectivity index (χ0n) is 10.1. The molecule has 94 valence electrons. The summed E-state index contributed by atoms with van der Waals surface area (Å²) in [6.45, 7) is 1.93. The largest absolute Gasteiger partial charge is 0.368 e. The Balaban J connectivity index is 2.47. The smallest absolute Gasteiger partial charge is 0.242 e. The summed E-state index contributed by atoms with van der Waals surface area (Å²) in [7, 11) is 0. The summed E-state index contributed by atoms with van der Waals surface area (Å²) in [6.07, 6.45) is 0.577. The second-order valence-electron chi connectivity index (χ2n) is 4.33. The predicted octanol–water partition coefficient (Wildman–Crippen LogP) is 2.35. The molecule has 1 aliphatic rings. The van der Waals surface area contributed by atoms with E-state index < -0.39 is 0 Å². The Morgan fingerprint density at radius 3 is 3.00 bits per heavy atom. The molecule has 2 rings (SSSR count). The maximum Gasteiger partial charge on any atom is 0.242 e. The van der Waals surface area contributed by atoms with Gasteiger partial charge in [0.15, 0.2) is 0 Å². The highest BCUT2D eigenvalue weighted by molar-refractivity contribution is 6.29. The maximum absolute atomic E-state index is 12.0. The first-order chi connectivity index (χ1) is 8.67. The Bertz CT molecular complexity index is 497. The molecule has 1 aromatic carbocycles. The van der Waals surface area contributed by atoms with Gasteiger partial charge in [-0.25, -0.2) is 0 Å². The number of para-hydroxylation sites is 2. The molecule has 0 saturated heterocycles. The molecule has 2 atom stereocenters. The molecule has 1 heterocycles. The summed E-state index contributed by atoms with van der Waals surface area (Å²) in [6, 6.07) is 9.33. The van der Waals surface area contributed by atoms with E-state index in [1.165, 1.54) is 0 Å². The van der Waals surface area contributed by atoms with Crippen LogP contribution >= 0.6 is 11.6 Å². The Morgan fingerprint density at radius 2 is 2.33 bits per heavy atom. The number of carbonyl (C=O) groups excluding carboxylic acids is 1. The third-order valence-electron chi connectivity index (χ3n) is 3.05. The van der Waals surface area contributed by atoms with Crippen LogP contribution < -0.4 is 10.2 Å². The average molecular weight is 264 g/mol. The monoisotopic (exact) mass is 263 g/mol. The molecule has 1 aliphatic heterocycles. The SMILES string of the molecule is CC1CC(C#N)Nc2ccccc2N1C(=O)CCl. The molecule has 4 nitrogen and oxygen atoms in total. The minimum Gasteiger partial charge on any atom is -0.368 e. The summed E-state index contributed by atoms with van der Waals surface area (Å²) in [5.74, 6) is -0.201. The molecule has 5 heteroatoms. The third kappa shape index (κ3) is 2.27. The number of hydrogen-bond donors (Lipinski definition) is 1. The predicted molar refractivity (Wildman–Crippen MR) is 71.8 cm³/mol. The van der Waals surface area contributed by atoms with Crippen molar-refractivity contribution in [1.82, 2.24) is 0 Å². The lowest BCUT2D eigenvalue weighted by Gasteiger charge is -2.27. The van der Waals surface area contributed by atoms with Crippen LogP contribution in [0.15, 0.2) is 24.3 Å². The van der Waals surface area contributed by atoms with Gasteiger partial charge in [-0.15, -0.1) is 11.6 Å².